The fourth-order valence-electron chi connectivity index (χ4n) is 1.14. The van der Waals surface area contributed by atoms with Crippen molar-refractivity contribution in [1.29, 1.82) is 0 Å². The molecule has 0 aliphatic heterocycles. The molecule has 4 nitrogen and oxygen atoms in total. The Morgan fingerprint density at radius 2 is 2.31 bits per heavy atom. The number of nitrogens with two attached hydrogens (primary N) is 1. The molecule has 13 heavy (non-hydrogen) atoms. The minimum atomic E-state index is -0.0988. The van der Waals surface area contributed by atoms with E-state index < -0.39 is 0 Å². The molecule has 1 aromatic heterocycles. The molecule has 2 N–H and O–H groups in total. The zero-order chi connectivity index (χ0) is 9.26. The molecule has 0 amide bonds. The van der Waals surface area contributed by atoms with E-state index in [1.807, 2.05) is 6.07 Å². The van der Waals surface area contributed by atoms with Gasteiger partial charge in [-0.15, -0.1) is 0 Å². The van der Waals surface area contributed by atoms with Crippen LogP contribution in [0.2, 0.25) is 0 Å². The standard InChI is InChI=1S/C8H7N3OS/c9-4-7(12)5-2-1-3-6-8(5)11-13-10-6/h1-3H,4,9H2. The zero-order valence-electron chi connectivity index (χ0n) is 6.73. The predicted octanol–water partition coefficient (Wildman–Crippen LogP) is 0.833. The van der Waals surface area contributed by atoms with Gasteiger partial charge in [-0.3, -0.25) is 4.79 Å². The van der Waals surface area contributed by atoms with E-state index in [-0.39, 0.29) is 12.3 Å². The van der Waals surface area contributed by atoms with E-state index in [0.29, 0.717) is 11.1 Å². The van der Waals surface area contributed by atoms with Gasteiger partial charge in [-0.2, -0.15) is 8.75 Å². The molecule has 1 heterocycles. The van der Waals surface area contributed by atoms with E-state index in [1.165, 1.54) is 0 Å². The molecule has 0 fully saturated rings. The number of carbonyl (C=O) groups excluding carboxylic acids is 1. The third-order valence-corrected chi connectivity index (χ3v) is 2.31. The highest BCUT2D eigenvalue weighted by molar-refractivity contribution is 7.00. The minimum absolute atomic E-state index is 0.0106. The summed E-state index contributed by atoms with van der Waals surface area (Å²) < 4.78 is 8.08. The maximum absolute atomic E-state index is 11.3. The Kier molecular flexibility index (Phi) is 2.03. The van der Waals surface area contributed by atoms with E-state index in [2.05, 4.69) is 8.75 Å². The number of fused-ring (bicyclic) bond motifs is 1. The molecule has 0 spiro atoms. The topological polar surface area (TPSA) is 68.9 Å². The van der Waals surface area contributed by atoms with Gasteiger partial charge in [0.1, 0.15) is 11.0 Å². The largest absolute Gasteiger partial charge is 0.324 e. The van der Waals surface area contributed by atoms with E-state index in [4.69, 9.17) is 5.73 Å². The van der Waals surface area contributed by atoms with Gasteiger partial charge in [0.25, 0.3) is 0 Å². The summed E-state index contributed by atoms with van der Waals surface area (Å²) in [5, 5.41) is 0. The Morgan fingerprint density at radius 3 is 3.08 bits per heavy atom. The third kappa shape index (κ3) is 1.32. The van der Waals surface area contributed by atoms with Crippen molar-refractivity contribution < 1.29 is 4.79 Å². The lowest BCUT2D eigenvalue weighted by atomic mass is 10.1. The van der Waals surface area contributed by atoms with Gasteiger partial charge in [0.05, 0.1) is 18.3 Å². The first-order valence-electron chi connectivity index (χ1n) is 3.77. The van der Waals surface area contributed by atoms with Crippen molar-refractivity contribution in [2.75, 3.05) is 6.54 Å². The molecule has 0 aliphatic carbocycles. The first kappa shape index (κ1) is 8.28. The average Bonchev–Trinajstić information content (AvgIpc) is 2.63. The lowest BCUT2D eigenvalue weighted by molar-refractivity contribution is 0.100. The van der Waals surface area contributed by atoms with Gasteiger partial charge in [0, 0.05) is 5.56 Å². The summed E-state index contributed by atoms with van der Waals surface area (Å²) in [5.74, 6) is -0.0988. The fraction of sp³-hybridized carbons (Fsp3) is 0.125. The van der Waals surface area contributed by atoms with Gasteiger partial charge in [-0.1, -0.05) is 6.07 Å². The number of rotatable bonds is 2. The van der Waals surface area contributed by atoms with Crippen LogP contribution in [-0.2, 0) is 0 Å². The monoisotopic (exact) mass is 193 g/mol. The van der Waals surface area contributed by atoms with Crippen molar-refractivity contribution in [3.63, 3.8) is 0 Å². The second-order valence-electron chi connectivity index (χ2n) is 2.56. The lowest BCUT2D eigenvalue weighted by Gasteiger charge is -1.96. The summed E-state index contributed by atoms with van der Waals surface area (Å²) in [6.45, 7) is 0.0106. The SMILES string of the molecule is NCC(=O)c1cccc2nsnc12. The second-order valence-corrected chi connectivity index (χ2v) is 3.09. The van der Waals surface area contributed by atoms with Crippen LogP contribution in [0.1, 0.15) is 10.4 Å². The van der Waals surface area contributed by atoms with Crippen molar-refractivity contribution in [3.05, 3.63) is 23.8 Å². The zero-order valence-corrected chi connectivity index (χ0v) is 7.54. The normalized spacial score (nSPS) is 10.5. The molecular weight excluding hydrogens is 186 g/mol. The predicted molar refractivity (Wildman–Crippen MR) is 50.8 cm³/mol. The number of hydrogen-bond acceptors (Lipinski definition) is 5. The Labute approximate surface area is 78.7 Å². The van der Waals surface area contributed by atoms with Crippen LogP contribution >= 0.6 is 11.7 Å². The quantitative estimate of drug-likeness (QED) is 0.717. The first-order chi connectivity index (χ1) is 6.33. The van der Waals surface area contributed by atoms with Gasteiger partial charge >= 0.3 is 0 Å². The van der Waals surface area contributed by atoms with E-state index >= 15 is 0 Å². The number of ketones is 1. The van der Waals surface area contributed by atoms with Crippen molar-refractivity contribution in [1.82, 2.24) is 8.75 Å². The van der Waals surface area contributed by atoms with E-state index in [9.17, 15) is 4.79 Å². The molecule has 0 atom stereocenters. The molecule has 1 aromatic carbocycles. The summed E-state index contributed by atoms with van der Waals surface area (Å²) in [6.07, 6.45) is 0. The lowest BCUT2D eigenvalue weighted by Crippen LogP contribution is -2.13. The summed E-state index contributed by atoms with van der Waals surface area (Å²) in [7, 11) is 0. The molecule has 0 saturated heterocycles. The van der Waals surface area contributed by atoms with Crippen molar-refractivity contribution in [2.45, 2.75) is 0 Å². The van der Waals surface area contributed by atoms with Gasteiger partial charge < -0.3 is 5.73 Å². The van der Waals surface area contributed by atoms with Crippen LogP contribution in [0.15, 0.2) is 18.2 Å². The first-order valence-corrected chi connectivity index (χ1v) is 4.50. The molecule has 0 radical (unpaired) electrons. The Hall–Kier alpha value is -1.33. The number of carbonyl (C=O) groups is 1. The maximum Gasteiger partial charge on any atom is 0.178 e. The molecule has 5 heteroatoms. The van der Waals surface area contributed by atoms with Gasteiger partial charge in [0.15, 0.2) is 5.78 Å². The summed E-state index contributed by atoms with van der Waals surface area (Å²) in [5.41, 5.74) is 7.24. The Bertz CT molecular complexity index is 451. The molecule has 2 rings (SSSR count). The fourth-order valence-corrected chi connectivity index (χ4v) is 1.69. The van der Waals surface area contributed by atoms with Crippen LogP contribution in [0.4, 0.5) is 0 Å². The van der Waals surface area contributed by atoms with E-state index in [1.54, 1.807) is 12.1 Å². The minimum Gasteiger partial charge on any atom is -0.324 e. The van der Waals surface area contributed by atoms with Crippen molar-refractivity contribution in [3.8, 4) is 0 Å². The molecule has 66 valence electrons. The molecule has 0 unspecified atom stereocenters. The highest BCUT2D eigenvalue weighted by Gasteiger charge is 2.10. The van der Waals surface area contributed by atoms with Crippen molar-refractivity contribution >= 4 is 28.5 Å². The highest BCUT2D eigenvalue weighted by atomic mass is 32.1. The highest BCUT2D eigenvalue weighted by Crippen LogP contribution is 2.16. The van der Waals surface area contributed by atoms with Gasteiger partial charge in [-0.05, 0) is 12.1 Å². The number of aromatic nitrogens is 2. The third-order valence-electron chi connectivity index (χ3n) is 1.77. The van der Waals surface area contributed by atoms with Crippen molar-refractivity contribution in [2.24, 2.45) is 5.73 Å². The molecule has 0 saturated carbocycles. The van der Waals surface area contributed by atoms with Gasteiger partial charge in [-0.25, -0.2) is 0 Å². The second kappa shape index (κ2) is 3.20. The summed E-state index contributed by atoms with van der Waals surface area (Å²) >= 11 is 1.10. The number of Topliss-reactive ketones (excluding diaryl/α,β-unsaturated/α-hetero) is 1. The van der Waals surface area contributed by atoms with Crippen LogP contribution < -0.4 is 5.73 Å². The molecule has 0 aliphatic rings. The average molecular weight is 193 g/mol. The number of hydrogen-bond donors (Lipinski definition) is 1. The van der Waals surface area contributed by atoms with E-state index in [0.717, 1.165) is 17.2 Å². The summed E-state index contributed by atoms with van der Waals surface area (Å²) in [4.78, 5) is 11.3. The van der Waals surface area contributed by atoms with Crippen LogP contribution in [0.25, 0.3) is 11.0 Å². The van der Waals surface area contributed by atoms with Crippen LogP contribution in [0.3, 0.4) is 0 Å². The maximum atomic E-state index is 11.3. The molecular formula is C8H7N3OS. The molecule has 2 aromatic rings. The van der Waals surface area contributed by atoms with Crippen LogP contribution in [0, 0.1) is 0 Å². The number of nitrogens with zero attached hydrogens (tertiary/aromatic N) is 2. The van der Waals surface area contributed by atoms with Crippen LogP contribution in [0.5, 0.6) is 0 Å². The Balaban J connectivity index is 2.67. The summed E-state index contributed by atoms with van der Waals surface area (Å²) in [6, 6.07) is 5.33. The smallest absolute Gasteiger partial charge is 0.178 e. The van der Waals surface area contributed by atoms with Crippen LogP contribution in [-0.4, -0.2) is 21.1 Å². The van der Waals surface area contributed by atoms with Gasteiger partial charge in [0.2, 0.25) is 0 Å². The number of benzene rings is 1. The molecule has 0 bridgehead atoms. The Morgan fingerprint density at radius 1 is 1.46 bits per heavy atom.